The zero-order chi connectivity index (χ0) is 27.2. The van der Waals surface area contributed by atoms with Gasteiger partial charge in [-0.2, -0.15) is 23.4 Å². The Morgan fingerprint density at radius 1 is 0.895 bits per heavy atom. The Labute approximate surface area is 232 Å². The van der Waals surface area contributed by atoms with Crippen LogP contribution in [0.5, 0.6) is 0 Å². The van der Waals surface area contributed by atoms with Gasteiger partial charge in [0.1, 0.15) is 5.02 Å². The molecule has 14 heteroatoms. The monoisotopic (exact) mass is 598 g/mol. The number of nitrogens with zero attached hydrogens (tertiary/aromatic N) is 5. The lowest BCUT2D eigenvalue weighted by Crippen LogP contribution is -2.16. The maximum absolute atomic E-state index is 13.9. The molecule has 0 fully saturated rings. The van der Waals surface area contributed by atoms with Crippen LogP contribution in [0.2, 0.25) is 20.1 Å². The third kappa shape index (κ3) is 5.44. The van der Waals surface area contributed by atoms with E-state index in [9.17, 15) is 18.0 Å². The Morgan fingerprint density at radius 2 is 1.63 bits per heavy atom. The van der Waals surface area contributed by atoms with E-state index in [-0.39, 0.29) is 34.4 Å². The summed E-state index contributed by atoms with van der Waals surface area (Å²) in [5.74, 6) is -0.821. The molecular weight excluding hydrogens is 587 g/mol. The molecule has 0 atom stereocenters. The van der Waals surface area contributed by atoms with E-state index >= 15 is 0 Å². The SMILES string of the molecule is O=C(Nc1nn(Cc2ccc(Cl)c(Cl)c2)cc1Cl)c1cc2nc(-c3ccc(Cl)cc3)cc(C(F)(F)F)n2n1. The van der Waals surface area contributed by atoms with Gasteiger partial charge in [-0.25, -0.2) is 9.50 Å². The summed E-state index contributed by atoms with van der Waals surface area (Å²) in [6.07, 6.45) is -3.29. The van der Waals surface area contributed by atoms with Crippen LogP contribution in [0.15, 0.2) is 60.8 Å². The molecule has 0 aliphatic rings. The van der Waals surface area contributed by atoms with Crippen LogP contribution in [-0.4, -0.2) is 30.3 Å². The second kappa shape index (κ2) is 10.1. The average molecular weight is 600 g/mol. The highest BCUT2D eigenvalue weighted by Gasteiger charge is 2.35. The quantitative estimate of drug-likeness (QED) is 0.227. The number of carbonyl (C=O) groups is 1. The molecule has 0 radical (unpaired) electrons. The molecule has 1 amide bonds. The van der Waals surface area contributed by atoms with Crippen LogP contribution in [0.25, 0.3) is 16.9 Å². The fourth-order valence-corrected chi connectivity index (χ4v) is 4.26. The number of aromatic nitrogens is 5. The summed E-state index contributed by atoms with van der Waals surface area (Å²) in [5.41, 5.74) is -0.363. The third-order valence-electron chi connectivity index (χ3n) is 5.37. The van der Waals surface area contributed by atoms with E-state index in [4.69, 9.17) is 46.4 Å². The first-order valence-corrected chi connectivity index (χ1v) is 12.2. The van der Waals surface area contributed by atoms with Gasteiger partial charge < -0.3 is 5.32 Å². The molecule has 38 heavy (non-hydrogen) atoms. The second-order valence-corrected chi connectivity index (χ2v) is 9.71. The minimum atomic E-state index is -4.77. The van der Waals surface area contributed by atoms with Crippen LogP contribution in [0.4, 0.5) is 19.0 Å². The first-order valence-electron chi connectivity index (χ1n) is 10.7. The number of carbonyl (C=O) groups excluding carboxylic acids is 1. The van der Waals surface area contributed by atoms with Crippen molar-refractivity contribution in [3.63, 3.8) is 0 Å². The van der Waals surface area contributed by atoms with Crippen LogP contribution in [0.1, 0.15) is 21.7 Å². The Kier molecular flexibility index (Phi) is 6.99. The summed E-state index contributed by atoms with van der Waals surface area (Å²) in [6, 6.07) is 13.2. The largest absolute Gasteiger partial charge is 0.433 e. The van der Waals surface area contributed by atoms with E-state index in [2.05, 4.69) is 20.5 Å². The first kappa shape index (κ1) is 26.3. The molecule has 0 unspecified atom stereocenters. The van der Waals surface area contributed by atoms with Crippen molar-refractivity contribution in [2.24, 2.45) is 0 Å². The van der Waals surface area contributed by atoms with Crippen molar-refractivity contribution in [3.05, 3.63) is 97.8 Å². The van der Waals surface area contributed by atoms with Crippen molar-refractivity contribution >= 4 is 63.8 Å². The minimum Gasteiger partial charge on any atom is -0.302 e. The first-order chi connectivity index (χ1) is 18.0. The van der Waals surface area contributed by atoms with Gasteiger partial charge in [0.05, 0.1) is 22.3 Å². The van der Waals surface area contributed by atoms with Gasteiger partial charge in [0.15, 0.2) is 22.9 Å². The molecule has 5 aromatic rings. The molecule has 0 bridgehead atoms. The Hall–Kier alpha value is -3.31. The van der Waals surface area contributed by atoms with E-state index in [1.54, 1.807) is 30.3 Å². The molecular formula is C24H13Cl4F3N6O. The molecule has 0 saturated carbocycles. The Bertz CT molecular complexity index is 1680. The zero-order valence-electron chi connectivity index (χ0n) is 18.8. The molecule has 0 saturated heterocycles. The van der Waals surface area contributed by atoms with Crippen molar-refractivity contribution in [1.82, 2.24) is 24.4 Å². The topological polar surface area (TPSA) is 77.1 Å². The highest BCUT2D eigenvalue weighted by molar-refractivity contribution is 6.42. The fourth-order valence-electron chi connectivity index (χ4n) is 3.62. The third-order valence-corrected chi connectivity index (χ3v) is 6.64. The van der Waals surface area contributed by atoms with Crippen molar-refractivity contribution < 1.29 is 18.0 Å². The molecule has 5 rings (SSSR count). The molecule has 2 aromatic carbocycles. The number of hydrogen-bond acceptors (Lipinski definition) is 4. The zero-order valence-corrected chi connectivity index (χ0v) is 21.8. The van der Waals surface area contributed by atoms with E-state index < -0.39 is 17.8 Å². The van der Waals surface area contributed by atoms with Gasteiger partial charge in [0.25, 0.3) is 5.91 Å². The lowest BCUT2D eigenvalue weighted by Gasteiger charge is -2.11. The predicted molar refractivity (Wildman–Crippen MR) is 139 cm³/mol. The van der Waals surface area contributed by atoms with E-state index in [1.165, 1.54) is 23.0 Å². The van der Waals surface area contributed by atoms with Crippen molar-refractivity contribution in [2.75, 3.05) is 5.32 Å². The minimum absolute atomic E-state index is 0.000333. The fraction of sp³-hybridized carbons (Fsp3) is 0.0833. The summed E-state index contributed by atoms with van der Waals surface area (Å²) in [7, 11) is 0. The van der Waals surface area contributed by atoms with E-state index in [0.29, 0.717) is 25.1 Å². The summed E-state index contributed by atoms with van der Waals surface area (Å²) in [6.45, 7) is 0.271. The van der Waals surface area contributed by atoms with E-state index in [0.717, 1.165) is 17.7 Å². The summed E-state index contributed by atoms with van der Waals surface area (Å²) >= 11 is 24.1. The van der Waals surface area contributed by atoms with Crippen LogP contribution < -0.4 is 5.32 Å². The smallest absolute Gasteiger partial charge is 0.302 e. The summed E-state index contributed by atoms with van der Waals surface area (Å²) < 4.78 is 43.6. The number of hydrogen-bond donors (Lipinski definition) is 1. The van der Waals surface area contributed by atoms with Crippen LogP contribution >= 0.6 is 46.4 Å². The predicted octanol–water partition coefficient (Wildman–Crippen LogP) is 7.53. The lowest BCUT2D eigenvalue weighted by molar-refractivity contribution is -0.142. The van der Waals surface area contributed by atoms with Gasteiger partial charge >= 0.3 is 6.18 Å². The molecule has 3 heterocycles. The summed E-state index contributed by atoms with van der Waals surface area (Å²) in [4.78, 5) is 17.1. The molecule has 0 aliphatic heterocycles. The van der Waals surface area contributed by atoms with Gasteiger partial charge in [-0.05, 0) is 35.9 Å². The van der Waals surface area contributed by atoms with Gasteiger partial charge in [0.2, 0.25) is 0 Å². The number of alkyl halides is 3. The van der Waals surface area contributed by atoms with Gasteiger partial charge in [-0.3, -0.25) is 9.48 Å². The highest BCUT2D eigenvalue weighted by Crippen LogP contribution is 2.33. The lowest BCUT2D eigenvalue weighted by atomic mass is 10.1. The highest BCUT2D eigenvalue weighted by atomic mass is 35.5. The number of halogens is 7. The molecule has 0 spiro atoms. The molecule has 1 N–H and O–H groups in total. The van der Waals surface area contributed by atoms with Gasteiger partial charge in [0, 0.05) is 22.8 Å². The Balaban J connectivity index is 1.44. The maximum atomic E-state index is 13.9. The van der Waals surface area contributed by atoms with Crippen LogP contribution in [0, 0.1) is 0 Å². The van der Waals surface area contributed by atoms with Crippen LogP contribution in [0.3, 0.4) is 0 Å². The molecule has 3 aromatic heterocycles. The normalized spacial score (nSPS) is 11.8. The standard InChI is InChI=1S/C24H13Cl4F3N6O/c25-14-4-2-13(3-5-14)18-8-20(24(29,30)31)37-21(32-18)9-19(34-37)23(38)33-22-17(28)11-36(35-22)10-12-1-6-15(26)16(27)7-12/h1-9,11H,10H2,(H,33,35,38). The van der Waals surface area contributed by atoms with Crippen molar-refractivity contribution in [2.45, 2.75) is 12.7 Å². The number of fused-ring (bicyclic) bond motifs is 1. The number of rotatable bonds is 5. The average Bonchev–Trinajstić information content (AvgIpc) is 3.43. The maximum Gasteiger partial charge on any atom is 0.433 e. The van der Waals surface area contributed by atoms with Gasteiger partial charge in [-0.15, -0.1) is 0 Å². The number of amides is 1. The molecule has 0 aliphatic carbocycles. The van der Waals surface area contributed by atoms with Crippen LogP contribution in [-0.2, 0) is 12.7 Å². The van der Waals surface area contributed by atoms with Gasteiger partial charge in [-0.1, -0.05) is 64.6 Å². The van der Waals surface area contributed by atoms with Crippen molar-refractivity contribution in [3.8, 4) is 11.3 Å². The molecule has 7 nitrogen and oxygen atoms in total. The second-order valence-electron chi connectivity index (χ2n) is 8.06. The number of anilines is 1. The Morgan fingerprint density at radius 3 is 2.32 bits per heavy atom. The summed E-state index contributed by atoms with van der Waals surface area (Å²) in [5, 5.41) is 11.9. The van der Waals surface area contributed by atoms with E-state index in [1.807, 2.05) is 0 Å². The van der Waals surface area contributed by atoms with Crippen molar-refractivity contribution in [1.29, 1.82) is 0 Å². The number of benzene rings is 2. The number of nitrogens with one attached hydrogen (secondary N) is 1. The molecule has 194 valence electrons.